The predicted molar refractivity (Wildman–Crippen MR) is 57.3 cm³/mol. The van der Waals surface area contributed by atoms with Crippen LogP contribution in [-0.4, -0.2) is 22.5 Å². The van der Waals surface area contributed by atoms with Crippen LogP contribution >= 0.6 is 0 Å². The molecule has 1 aromatic carbocycles. The van der Waals surface area contributed by atoms with Crippen LogP contribution in [0.3, 0.4) is 0 Å². The third-order valence-electron chi connectivity index (χ3n) is 1.86. The number of nitro benzene ring substituents is 1. The summed E-state index contributed by atoms with van der Waals surface area (Å²) in [6.45, 7) is 3.63. The van der Waals surface area contributed by atoms with Crippen molar-refractivity contribution in [1.29, 1.82) is 0 Å². The van der Waals surface area contributed by atoms with Gasteiger partial charge >= 0.3 is 5.69 Å². The minimum absolute atomic E-state index is 0.129. The molecule has 0 bridgehead atoms. The van der Waals surface area contributed by atoms with Gasteiger partial charge in [0.25, 0.3) is 5.91 Å². The van der Waals surface area contributed by atoms with Crippen LogP contribution in [0.2, 0.25) is 0 Å². The normalized spacial score (nSPS) is 9.50. The zero-order valence-electron chi connectivity index (χ0n) is 8.34. The molecular formula is C10H10N2O4. The van der Waals surface area contributed by atoms with Crippen molar-refractivity contribution < 1.29 is 14.8 Å². The Morgan fingerprint density at radius 1 is 1.62 bits per heavy atom. The van der Waals surface area contributed by atoms with Gasteiger partial charge in [-0.15, -0.1) is 6.58 Å². The van der Waals surface area contributed by atoms with Crippen molar-refractivity contribution in [2.75, 3.05) is 6.54 Å². The largest absolute Gasteiger partial charge is 0.502 e. The Morgan fingerprint density at radius 3 is 2.88 bits per heavy atom. The van der Waals surface area contributed by atoms with Crippen molar-refractivity contribution in [2.45, 2.75) is 0 Å². The average molecular weight is 222 g/mol. The number of rotatable bonds is 4. The Kier molecular flexibility index (Phi) is 3.60. The maximum absolute atomic E-state index is 11.5. The first-order valence-corrected chi connectivity index (χ1v) is 4.43. The summed E-state index contributed by atoms with van der Waals surface area (Å²) in [5.74, 6) is -1.21. The molecule has 1 aromatic rings. The van der Waals surface area contributed by atoms with Gasteiger partial charge in [-0.25, -0.2) is 0 Å². The van der Waals surface area contributed by atoms with Crippen LogP contribution in [-0.2, 0) is 0 Å². The maximum Gasteiger partial charge on any atom is 0.311 e. The molecule has 0 spiro atoms. The van der Waals surface area contributed by atoms with Gasteiger partial charge in [0, 0.05) is 12.6 Å². The molecule has 16 heavy (non-hydrogen) atoms. The summed E-state index contributed by atoms with van der Waals surface area (Å²) in [4.78, 5) is 21.2. The molecule has 0 atom stereocenters. The van der Waals surface area contributed by atoms with Gasteiger partial charge in [0.1, 0.15) is 0 Å². The summed E-state index contributed by atoms with van der Waals surface area (Å²) < 4.78 is 0. The molecule has 0 aromatic heterocycles. The predicted octanol–water partition coefficient (Wildman–Crippen LogP) is 1.22. The maximum atomic E-state index is 11.5. The lowest BCUT2D eigenvalue weighted by Gasteiger charge is -2.04. The van der Waals surface area contributed by atoms with Gasteiger partial charge < -0.3 is 10.4 Å². The summed E-state index contributed by atoms with van der Waals surface area (Å²) in [6, 6.07) is 3.76. The van der Waals surface area contributed by atoms with E-state index in [2.05, 4.69) is 11.9 Å². The van der Waals surface area contributed by atoms with E-state index in [9.17, 15) is 20.0 Å². The quantitative estimate of drug-likeness (QED) is 0.455. The fourth-order valence-electron chi connectivity index (χ4n) is 1.12. The number of benzene rings is 1. The van der Waals surface area contributed by atoms with Gasteiger partial charge in [-0.1, -0.05) is 12.1 Å². The molecule has 84 valence electrons. The number of nitro groups is 1. The monoisotopic (exact) mass is 222 g/mol. The molecular weight excluding hydrogens is 212 g/mol. The number of hydrogen-bond acceptors (Lipinski definition) is 4. The number of carbonyl (C=O) groups excluding carboxylic acids is 1. The molecule has 0 saturated carbocycles. The Morgan fingerprint density at radius 2 is 2.31 bits per heavy atom. The molecule has 0 saturated heterocycles. The smallest absolute Gasteiger partial charge is 0.311 e. The van der Waals surface area contributed by atoms with Gasteiger partial charge in [-0.05, 0) is 6.07 Å². The number of nitrogens with zero attached hydrogens (tertiary/aromatic N) is 1. The number of hydrogen-bond donors (Lipinski definition) is 2. The number of para-hydroxylation sites is 1. The van der Waals surface area contributed by atoms with E-state index in [0.717, 1.165) is 6.07 Å². The van der Waals surface area contributed by atoms with Crippen molar-refractivity contribution in [3.05, 3.63) is 46.5 Å². The fourth-order valence-corrected chi connectivity index (χ4v) is 1.12. The van der Waals surface area contributed by atoms with Crippen LogP contribution in [0.25, 0.3) is 0 Å². The highest BCUT2D eigenvalue weighted by Gasteiger charge is 2.20. The van der Waals surface area contributed by atoms with E-state index >= 15 is 0 Å². The molecule has 0 aliphatic rings. The van der Waals surface area contributed by atoms with Crippen LogP contribution in [0.4, 0.5) is 5.69 Å². The van der Waals surface area contributed by atoms with Crippen LogP contribution in [0.15, 0.2) is 30.9 Å². The van der Waals surface area contributed by atoms with Crippen LogP contribution in [0.1, 0.15) is 10.4 Å². The minimum atomic E-state index is -0.750. The molecule has 0 heterocycles. The van der Waals surface area contributed by atoms with Crippen molar-refractivity contribution in [3.63, 3.8) is 0 Å². The SMILES string of the molecule is C=CCNC(=O)c1cccc([N+](=O)[O-])c1O. The van der Waals surface area contributed by atoms with E-state index in [-0.39, 0.29) is 12.1 Å². The Balaban J connectivity index is 3.05. The molecule has 2 N–H and O–H groups in total. The second-order valence-corrected chi connectivity index (χ2v) is 2.93. The fraction of sp³-hybridized carbons (Fsp3) is 0.100. The first kappa shape index (κ1) is 11.7. The number of nitrogens with one attached hydrogen (secondary N) is 1. The second-order valence-electron chi connectivity index (χ2n) is 2.93. The standard InChI is InChI=1S/C10H10N2O4/c1-2-6-11-10(14)7-4-3-5-8(9(7)13)12(15)16/h2-5,13H,1,6H2,(H,11,14). The highest BCUT2D eigenvalue weighted by Crippen LogP contribution is 2.28. The first-order valence-electron chi connectivity index (χ1n) is 4.43. The Bertz CT molecular complexity index is 442. The first-order chi connectivity index (χ1) is 7.57. The van der Waals surface area contributed by atoms with Crippen molar-refractivity contribution in [3.8, 4) is 5.75 Å². The van der Waals surface area contributed by atoms with E-state index in [1.165, 1.54) is 18.2 Å². The van der Waals surface area contributed by atoms with Crippen molar-refractivity contribution in [1.82, 2.24) is 5.32 Å². The average Bonchev–Trinajstić information content (AvgIpc) is 2.25. The van der Waals surface area contributed by atoms with Crippen molar-refractivity contribution in [2.24, 2.45) is 0 Å². The highest BCUT2D eigenvalue weighted by molar-refractivity contribution is 5.98. The summed E-state index contributed by atoms with van der Waals surface area (Å²) in [5, 5.41) is 22.4. The summed E-state index contributed by atoms with van der Waals surface area (Å²) >= 11 is 0. The van der Waals surface area contributed by atoms with E-state index < -0.39 is 22.3 Å². The van der Waals surface area contributed by atoms with Gasteiger partial charge in [0.05, 0.1) is 10.5 Å². The topological polar surface area (TPSA) is 92.5 Å². The molecule has 6 nitrogen and oxygen atoms in total. The molecule has 1 amide bonds. The number of aromatic hydroxyl groups is 1. The number of carbonyl (C=O) groups is 1. The van der Waals surface area contributed by atoms with Gasteiger partial charge in [0.2, 0.25) is 5.75 Å². The van der Waals surface area contributed by atoms with Gasteiger partial charge in [0.15, 0.2) is 0 Å². The zero-order chi connectivity index (χ0) is 12.1. The molecule has 1 rings (SSSR count). The molecule has 0 unspecified atom stereocenters. The molecule has 0 aliphatic carbocycles. The Hall–Kier alpha value is -2.37. The summed E-state index contributed by atoms with van der Waals surface area (Å²) in [5.41, 5.74) is -0.623. The van der Waals surface area contributed by atoms with E-state index in [1.54, 1.807) is 0 Å². The lowest BCUT2D eigenvalue weighted by molar-refractivity contribution is -0.385. The van der Waals surface area contributed by atoms with Crippen LogP contribution < -0.4 is 5.32 Å². The van der Waals surface area contributed by atoms with Crippen LogP contribution in [0.5, 0.6) is 5.75 Å². The molecule has 0 radical (unpaired) electrons. The van der Waals surface area contributed by atoms with Gasteiger partial charge in [-0.3, -0.25) is 14.9 Å². The summed E-state index contributed by atoms with van der Waals surface area (Å²) in [7, 11) is 0. The molecule has 6 heteroatoms. The molecule has 0 aliphatic heterocycles. The number of phenolic OH excluding ortho intramolecular Hbond substituents is 1. The van der Waals surface area contributed by atoms with Gasteiger partial charge in [-0.2, -0.15) is 0 Å². The Labute approximate surface area is 91.4 Å². The van der Waals surface area contributed by atoms with Crippen LogP contribution in [0, 0.1) is 10.1 Å². The summed E-state index contributed by atoms with van der Waals surface area (Å²) in [6.07, 6.45) is 1.46. The molecule has 0 fully saturated rings. The third-order valence-corrected chi connectivity index (χ3v) is 1.86. The lowest BCUT2D eigenvalue weighted by Crippen LogP contribution is -2.23. The number of amides is 1. The zero-order valence-corrected chi connectivity index (χ0v) is 8.34. The number of phenols is 1. The van der Waals surface area contributed by atoms with E-state index in [4.69, 9.17) is 0 Å². The van der Waals surface area contributed by atoms with Crippen molar-refractivity contribution >= 4 is 11.6 Å². The van der Waals surface area contributed by atoms with E-state index in [1.807, 2.05) is 0 Å². The highest BCUT2D eigenvalue weighted by atomic mass is 16.6. The second kappa shape index (κ2) is 4.92. The minimum Gasteiger partial charge on any atom is -0.502 e. The van der Waals surface area contributed by atoms with E-state index in [0.29, 0.717) is 0 Å². The lowest BCUT2D eigenvalue weighted by atomic mass is 10.1. The third kappa shape index (κ3) is 2.35.